The molecule has 0 saturated heterocycles. The molecule has 0 fully saturated rings. The molecule has 0 aliphatic carbocycles. The molecule has 92 valence electrons. The normalized spacial score (nSPS) is 10.2. The third-order valence-corrected chi connectivity index (χ3v) is 2.96. The molecular formula is C16H16O2. The van der Waals surface area contributed by atoms with Crippen molar-refractivity contribution in [2.75, 3.05) is 7.11 Å². The number of benzene rings is 2. The van der Waals surface area contributed by atoms with Gasteiger partial charge in [0.1, 0.15) is 5.75 Å². The predicted molar refractivity (Wildman–Crippen MR) is 72.3 cm³/mol. The van der Waals surface area contributed by atoms with Gasteiger partial charge in [-0.1, -0.05) is 30.3 Å². The van der Waals surface area contributed by atoms with Crippen LogP contribution >= 0.6 is 0 Å². The Hall–Kier alpha value is -2.09. The monoisotopic (exact) mass is 240 g/mol. The van der Waals surface area contributed by atoms with Gasteiger partial charge < -0.3 is 4.74 Å². The van der Waals surface area contributed by atoms with E-state index in [2.05, 4.69) is 0 Å². The first-order chi connectivity index (χ1) is 8.63. The number of carbonyl (C=O) groups is 1. The van der Waals surface area contributed by atoms with Crippen molar-refractivity contribution >= 4 is 5.78 Å². The van der Waals surface area contributed by atoms with Crippen molar-refractivity contribution in [3.05, 3.63) is 64.7 Å². The third-order valence-electron chi connectivity index (χ3n) is 2.96. The molecule has 2 aromatic carbocycles. The van der Waals surface area contributed by atoms with Crippen molar-refractivity contribution in [1.82, 2.24) is 0 Å². The highest BCUT2D eigenvalue weighted by Crippen LogP contribution is 2.25. The van der Waals surface area contributed by atoms with E-state index in [0.29, 0.717) is 11.1 Å². The zero-order valence-corrected chi connectivity index (χ0v) is 10.9. The fourth-order valence-corrected chi connectivity index (χ4v) is 2.16. The average Bonchev–Trinajstić information content (AvgIpc) is 2.38. The first-order valence-electron chi connectivity index (χ1n) is 5.88. The maximum atomic E-state index is 12.3. The molecule has 0 bridgehead atoms. The molecule has 2 nitrogen and oxygen atoms in total. The van der Waals surface area contributed by atoms with E-state index in [1.807, 2.05) is 56.3 Å². The largest absolute Gasteiger partial charge is 0.496 e. The summed E-state index contributed by atoms with van der Waals surface area (Å²) < 4.78 is 5.30. The highest BCUT2D eigenvalue weighted by Gasteiger charge is 2.12. The fraction of sp³-hybridized carbons (Fsp3) is 0.188. The lowest BCUT2D eigenvalue weighted by Crippen LogP contribution is -2.03. The number of ether oxygens (including phenoxy) is 1. The Morgan fingerprint density at radius 1 is 0.944 bits per heavy atom. The zero-order chi connectivity index (χ0) is 13.1. The molecule has 0 aliphatic heterocycles. The molecule has 0 spiro atoms. The van der Waals surface area contributed by atoms with Crippen molar-refractivity contribution in [3.63, 3.8) is 0 Å². The van der Waals surface area contributed by atoms with Gasteiger partial charge in [-0.3, -0.25) is 4.79 Å². The van der Waals surface area contributed by atoms with Crippen LogP contribution in [0, 0.1) is 13.8 Å². The lowest BCUT2D eigenvalue weighted by Gasteiger charge is -2.10. The van der Waals surface area contributed by atoms with E-state index in [0.717, 1.165) is 16.9 Å². The number of hydrogen-bond acceptors (Lipinski definition) is 2. The molecule has 2 heteroatoms. The van der Waals surface area contributed by atoms with E-state index in [-0.39, 0.29) is 5.78 Å². The van der Waals surface area contributed by atoms with Crippen LogP contribution in [-0.2, 0) is 0 Å². The van der Waals surface area contributed by atoms with Crippen LogP contribution in [0.4, 0.5) is 0 Å². The standard InChI is InChI=1S/C16H16O2/c1-11-9-14(10-12(2)16(11)18-3)15(17)13-7-5-4-6-8-13/h4-10H,1-3H3. The van der Waals surface area contributed by atoms with E-state index in [1.54, 1.807) is 7.11 Å². The molecule has 0 aromatic heterocycles. The number of rotatable bonds is 3. The Bertz CT molecular complexity index is 548. The minimum atomic E-state index is 0.0458. The van der Waals surface area contributed by atoms with Gasteiger partial charge in [-0.25, -0.2) is 0 Å². The zero-order valence-electron chi connectivity index (χ0n) is 10.9. The summed E-state index contributed by atoms with van der Waals surface area (Å²) in [6.07, 6.45) is 0. The second-order valence-corrected chi connectivity index (χ2v) is 4.34. The summed E-state index contributed by atoms with van der Waals surface area (Å²) in [7, 11) is 1.65. The minimum Gasteiger partial charge on any atom is -0.496 e. The molecule has 0 unspecified atom stereocenters. The van der Waals surface area contributed by atoms with Crippen molar-refractivity contribution < 1.29 is 9.53 Å². The van der Waals surface area contributed by atoms with E-state index >= 15 is 0 Å². The molecule has 0 heterocycles. The molecular weight excluding hydrogens is 224 g/mol. The Balaban J connectivity index is 2.44. The average molecular weight is 240 g/mol. The van der Waals surface area contributed by atoms with Gasteiger partial charge in [0.05, 0.1) is 7.11 Å². The second-order valence-electron chi connectivity index (χ2n) is 4.34. The van der Waals surface area contributed by atoms with Crippen molar-refractivity contribution in [3.8, 4) is 5.75 Å². The fourth-order valence-electron chi connectivity index (χ4n) is 2.16. The molecule has 0 saturated carbocycles. The van der Waals surface area contributed by atoms with Gasteiger partial charge in [0.2, 0.25) is 0 Å². The Labute approximate surface area is 107 Å². The summed E-state index contributed by atoms with van der Waals surface area (Å²) in [5, 5.41) is 0. The van der Waals surface area contributed by atoms with Gasteiger partial charge in [0.15, 0.2) is 5.78 Å². The summed E-state index contributed by atoms with van der Waals surface area (Å²) in [6, 6.07) is 13.1. The molecule has 2 aromatic rings. The Kier molecular flexibility index (Phi) is 3.47. The smallest absolute Gasteiger partial charge is 0.193 e. The highest BCUT2D eigenvalue weighted by atomic mass is 16.5. The highest BCUT2D eigenvalue weighted by molar-refractivity contribution is 6.09. The van der Waals surface area contributed by atoms with Crippen LogP contribution < -0.4 is 4.74 Å². The topological polar surface area (TPSA) is 26.3 Å². The molecule has 0 amide bonds. The molecule has 0 aliphatic rings. The lowest BCUT2D eigenvalue weighted by molar-refractivity contribution is 0.103. The van der Waals surface area contributed by atoms with Crippen molar-refractivity contribution in [2.24, 2.45) is 0 Å². The van der Waals surface area contributed by atoms with Gasteiger partial charge in [0, 0.05) is 11.1 Å². The first kappa shape index (κ1) is 12.4. The van der Waals surface area contributed by atoms with Crippen LogP contribution in [0.3, 0.4) is 0 Å². The van der Waals surface area contributed by atoms with E-state index in [9.17, 15) is 4.79 Å². The van der Waals surface area contributed by atoms with E-state index in [4.69, 9.17) is 4.74 Å². The number of carbonyl (C=O) groups excluding carboxylic acids is 1. The molecule has 0 atom stereocenters. The van der Waals surface area contributed by atoms with Gasteiger partial charge in [-0.05, 0) is 37.1 Å². The van der Waals surface area contributed by atoms with Crippen LogP contribution in [-0.4, -0.2) is 12.9 Å². The lowest BCUT2D eigenvalue weighted by atomic mass is 9.98. The van der Waals surface area contributed by atoms with Crippen LogP contribution in [0.1, 0.15) is 27.0 Å². The van der Waals surface area contributed by atoms with Gasteiger partial charge in [0.25, 0.3) is 0 Å². The minimum absolute atomic E-state index is 0.0458. The number of aryl methyl sites for hydroxylation is 2. The second kappa shape index (κ2) is 5.05. The molecule has 0 N–H and O–H groups in total. The summed E-state index contributed by atoms with van der Waals surface area (Å²) in [5.74, 6) is 0.893. The van der Waals surface area contributed by atoms with Crippen molar-refractivity contribution in [1.29, 1.82) is 0 Å². The van der Waals surface area contributed by atoms with Gasteiger partial charge >= 0.3 is 0 Å². The Morgan fingerprint density at radius 3 is 2.00 bits per heavy atom. The third kappa shape index (κ3) is 2.28. The van der Waals surface area contributed by atoms with Crippen molar-refractivity contribution in [2.45, 2.75) is 13.8 Å². The van der Waals surface area contributed by atoms with Crippen LogP contribution in [0.25, 0.3) is 0 Å². The Morgan fingerprint density at radius 2 is 1.50 bits per heavy atom. The summed E-state index contributed by atoms with van der Waals surface area (Å²) >= 11 is 0. The SMILES string of the molecule is COc1c(C)cc(C(=O)c2ccccc2)cc1C. The summed E-state index contributed by atoms with van der Waals surface area (Å²) in [5.41, 5.74) is 3.38. The van der Waals surface area contributed by atoms with E-state index in [1.165, 1.54) is 0 Å². The summed E-state index contributed by atoms with van der Waals surface area (Å²) in [4.78, 5) is 12.3. The molecule has 18 heavy (non-hydrogen) atoms. The number of ketones is 1. The number of hydrogen-bond donors (Lipinski definition) is 0. The van der Waals surface area contributed by atoms with Crippen LogP contribution in [0.5, 0.6) is 5.75 Å². The van der Waals surface area contributed by atoms with E-state index < -0.39 is 0 Å². The van der Waals surface area contributed by atoms with Crippen LogP contribution in [0.15, 0.2) is 42.5 Å². The van der Waals surface area contributed by atoms with Crippen LogP contribution in [0.2, 0.25) is 0 Å². The first-order valence-corrected chi connectivity index (χ1v) is 5.88. The predicted octanol–water partition coefficient (Wildman–Crippen LogP) is 3.54. The van der Waals surface area contributed by atoms with Gasteiger partial charge in [-0.2, -0.15) is 0 Å². The summed E-state index contributed by atoms with van der Waals surface area (Å²) in [6.45, 7) is 3.90. The number of methoxy groups -OCH3 is 1. The maximum absolute atomic E-state index is 12.3. The quantitative estimate of drug-likeness (QED) is 0.767. The molecule has 2 rings (SSSR count). The van der Waals surface area contributed by atoms with Gasteiger partial charge in [-0.15, -0.1) is 0 Å². The maximum Gasteiger partial charge on any atom is 0.193 e. The molecule has 0 radical (unpaired) electrons.